The summed E-state index contributed by atoms with van der Waals surface area (Å²) < 4.78 is 5.17. The molecule has 0 aromatic heterocycles. The molecule has 0 aliphatic carbocycles. The number of rotatable bonds is 15. The minimum atomic E-state index is -1.11. The first-order chi connectivity index (χ1) is 15.1. The summed E-state index contributed by atoms with van der Waals surface area (Å²) in [7, 11) is 0. The van der Waals surface area contributed by atoms with Crippen molar-refractivity contribution in [1.29, 1.82) is 0 Å². The Morgan fingerprint density at radius 1 is 0.806 bits per heavy atom. The standard InChI is InChI=1S/C27H34O4/c1-2-3-4-5-6-7-8-9-10-11-12-13-14-15-16-17-18-23-26(28)31-25-22-20-19-21-24(25)27(29)30/h3-4,6-7,9-10,12-13,15-16,19-22H,2,5,8,11,14,17-18,23H2,1H3,(H,29,30). The molecule has 31 heavy (non-hydrogen) atoms. The highest BCUT2D eigenvalue weighted by Crippen LogP contribution is 2.18. The lowest BCUT2D eigenvalue weighted by molar-refractivity contribution is -0.134. The lowest BCUT2D eigenvalue weighted by Crippen LogP contribution is -2.10. The molecule has 0 radical (unpaired) electrons. The topological polar surface area (TPSA) is 63.6 Å². The van der Waals surface area contributed by atoms with E-state index in [2.05, 4.69) is 67.7 Å². The van der Waals surface area contributed by atoms with Gasteiger partial charge in [-0.05, 0) is 57.1 Å². The Morgan fingerprint density at radius 2 is 1.32 bits per heavy atom. The fourth-order valence-corrected chi connectivity index (χ4v) is 2.64. The van der Waals surface area contributed by atoms with Crippen LogP contribution < -0.4 is 4.74 Å². The smallest absolute Gasteiger partial charge is 0.339 e. The highest BCUT2D eigenvalue weighted by Gasteiger charge is 2.13. The Morgan fingerprint density at radius 3 is 1.87 bits per heavy atom. The zero-order chi connectivity index (χ0) is 22.6. The Labute approximate surface area is 186 Å². The van der Waals surface area contributed by atoms with Gasteiger partial charge in [0.25, 0.3) is 0 Å². The van der Waals surface area contributed by atoms with E-state index in [0.29, 0.717) is 6.42 Å². The van der Waals surface area contributed by atoms with E-state index >= 15 is 0 Å². The third kappa shape index (κ3) is 13.7. The van der Waals surface area contributed by atoms with Gasteiger partial charge in [0.1, 0.15) is 11.3 Å². The Bertz CT molecular complexity index is 797. The number of hydrogen-bond donors (Lipinski definition) is 1. The second-order valence-electron chi connectivity index (χ2n) is 6.88. The number of esters is 1. The predicted molar refractivity (Wildman–Crippen MR) is 127 cm³/mol. The molecule has 166 valence electrons. The number of ether oxygens (including phenoxy) is 1. The maximum Gasteiger partial charge on any atom is 0.339 e. The molecular weight excluding hydrogens is 388 g/mol. The van der Waals surface area contributed by atoms with Crippen LogP contribution in [-0.2, 0) is 4.79 Å². The van der Waals surface area contributed by atoms with E-state index in [9.17, 15) is 9.59 Å². The summed E-state index contributed by atoms with van der Waals surface area (Å²) in [6.45, 7) is 2.14. The number of benzene rings is 1. The van der Waals surface area contributed by atoms with Crippen LogP contribution in [0.15, 0.2) is 85.0 Å². The maximum absolute atomic E-state index is 11.9. The molecule has 4 nitrogen and oxygen atoms in total. The van der Waals surface area contributed by atoms with Gasteiger partial charge in [-0.15, -0.1) is 0 Å². The summed E-state index contributed by atoms with van der Waals surface area (Å²) in [5.41, 5.74) is -0.00585. The average molecular weight is 423 g/mol. The van der Waals surface area contributed by atoms with E-state index in [4.69, 9.17) is 9.84 Å². The molecule has 0 atom stereocenters. The summed E-state index contributed by atoms with van der Waals surface area (Å²) in [5.74, 6) is -1.43. The molecule has 0 fully saturated rings. The molecule has 0 saturated heterocycles. The van der Waals surface area contributed by atoms with Gasteiger partial charge in [0.05, 0.1) is 0 Å². The van der Waals surface area contributed by atoms with Crippen molar-refractivity contribution in [3.05, 3.63) is 90.6 Å². The zero-order valence-corrected chi connectivity index (χ0v) is 18.4. The lowest BCUT2D eigenvalue weighted by atomic mass is 10.2. The van der Waals surface area contributed by atoms with Gasteiger partial charge >= 0.3 is 11.9 Å². The van der Waals surface area contributed by atoms with Gasteiger partial charge in [-0.1, -0.05) is 79.8 Å². The van der Waals surface area contributed by atoms with Gasteiger partial charge in [0.2, 0.25) is 0 Å². The van der Waals surface area contributed by atoms with Crippen molar-refractivity contribution < 1.29 is 19.4 Å². The van der Waals surface area contributed by atoms with E-state index in [1.807, 2.05) is 0 Å². The van der Waals surface area contributed by atoms with Gasteiger partial charge in [-0.25, -0.2) is 4.79 Å². The van der Waals surface area contributed by atoms with Crippen molar-refractivity contribution in [1.82, 2.24) is 0 Å². The molecule has 0 aliphatic rings. The SMILES string of the molecule is CCC=CCC=CCC=CCC=CCC=CCCCC(=O)Oc1ccccc1C(=O)O. The molecule has 1 aromatic rings. The second kappa shape index (κ2) is 17.7. The molecule has 0 amide bonds. The van der Waals surface area contributed by atoms with Crippen LogP contribution in [0.3, 0.4) is 0 Å². The largest absolute Gasteiger partial charge is 0.478 e. The van der Waals surface area contributed by atoms with Crippen LogP contribution in [0.4, 0.5) is 0 Å². The third-order valence-corrected chi connectivity index (χ3v) is 4.25. The van der Waals surface area contributed by atoms with Crippen molar-refractivity contribution >= 4 is 11.9 Å². The molecule has 1 aromatic carbocycles. The van der Waals surface area contributed by atoms with E-state index in [1.165, 1.54) is 12.1 Å². The summed E-state index contributed by atoms with van der Waals surface area (Å²) in [4.78, 5) is 23.0. The minimum Gasteiger partial charge on any atom is -0.478 e. The molecule has 1 N–H and O–H groups in total. The highest BCUT2D eigenvalue weighted by molar-refractivity contribution is 5.91. The summed E-state index contributed by atoms with van der Waals surface area (Å²) in [6.07, 6.45) is 28.1. The number of carbonyl (C=O) groups excluding carboxylic acids is 1. The van der Waals surface area contributed by atoms with Gasteiger partial charge in [-0.3, -0.25) is 4.79 Å². The van der Waals surface area contributed by atoms with Gasteiger partial charge in [0.15, 0.2) is 0 Å². The van der Waals surface area contributed by atoms with Crippen LogP contribution >= 0.6 is 0 Å². The normalized spacial score (nSPS) is 12.2. The monoisotopic (exact) mass is 422 g/mol. The summed E-state index contributed by atoms with van der Waals surface area (Å²) >= 11 is 0. The van der Waals surface area contributed by atoms with Crippen molar-refractivity contribution in [2.45, 2.75) is 58.3 Å². The number of para-hydroxylation sites is 1. The third-order valence-electron chi connectivity index (χ3n) is 4.25. The Hall–Kier alpha value is -3.14. The highest BCUT2D eigenvalue weighted by atomic mass is 16.5. The van der Waals surface area contributed by atoms with Crippen LogP contribution in [-0.4, -0.2) is 17.0 Å². The summed E-state index contributed by atoms with van der Waals surface area (Å²) in [6, 6.07) is 6.15. The number of hydrogen-bond acceptors (Lipinski definition) is 3. The maximum atomic E-state index is 11.9. The number of carbonyl (C=O) groups is 2. The fraction of sp³-hybridized carbons (Fsp3) is 0.333. The second-order valence-corrected chi connectivity index (χ2v) is 6.88. The van der Waals surface area contributed by atoms with E-state index < -0.39 is 11.9 Å². The van der Waals surface area contributed by atoms with Gasteiger partial charge in [-0.2, -0.15) is 0 Å². The predicted octanol–water partition coefficient (Wildman–Crippen LogP) is 7.21. The van der Waals surface area contributed by atoms with E-state index in [1.54, 1.807) is 12.1 Å². The van der Waals surface area contributed by atoms with Crippen LogP contribution in [0, 0.1) is 0 Å². The number of aromatic carboxylic acids is 1. The molecule has 0 unspecified atom stereocenters. The zero-order valence-electron chi connectivity index (χ0n) is 18.4. The Balaban J connectivity index is 2.10. The quantitative estimate of drug-likeness (QED) is 0.140. The number of unbranched alkanes of at least 4 members (excludes halogenated alkanes) is 1. The van der Waals surface area contributed by atoms with Crippen LogP contribution in [0.25, 0.3) is 0 Å². The van der Waals surface area contributed by atoms with E-state index in [-0.39, 0.29) is 17.7 Å². The lowest BCUT2D eigenvalue weighted by Gasteiger charge is -2.06. The number of carboxylic acids is 1. The van der Waals surface area contributed by atoms with Crippen LogP contribution in [0.2, 0.25) is 0 Å². The Kier molecular flexibility index (Phi) is 14.8. The summed E-state index contributed by atoms with van der Waals surface area (Å²) in [5, 5.41) is 9.10. The van der Waals surface area contributed by atoms with Gasteiger partial charge < -0.3 is 9.84 Å². The molecule has 0 spiro atoms. The fourth-order valence-electron chi connectivity index (χ4n) is 2.64. The number of carboxylic acid groups (broad SMARTS) is 1. The van der Waals surface area contributed by atoms with Crippen LogP contribution in [0.1, 0.15) is 68.6 Å². The van der Waals surface area contributed by atoms with Crippen molar-refractivity contribution in [3.63, 3.8) is 0 Å². The first kappa shape index (κ1) is 25.9. The molecular formula is C27H34O4. The van der Waals surface area contributed by atoms with E-state index in [0.717, 1.165) is 38.5 Å². The molecule has 0 saturated carbocycles. The minimum absolute atomic E-state index is 0.00585. The molecule has 0 bridgehead atoms. The first-order valence-corrected chi connectivity index (χ1v) is 10.9. The molecule has 1 rings (SSSR count). The van der Waals surface area contributed by atoms with Crippen molar-refractivity contribution in [2.75, 3.05) is 0 Å². The van der Waals surface area contributed by atoms with Crippen molar-refractivity contribution in [2.24, 2.45) is 0 Å². The molecule has 4 heteroatoms. The van der Waals surface area contributed by atoms with Crippen molar-refractivity contribution in [3.8, 4) is 5.75 Å². The average Bonchev–Trinajstić information content (AvgIpc) is 2.76. The number of allylic oxidation sites excluding steroid dienone is 10. The van der Waals surface area contributed by atoms with Gasteiger partial charge in [0, 0.05) is 6.42 Å². The first-order valence-electron chi connectivity index (χ1n) is 10.9. The molecule has 0 aliphatic heterocycles. The van der Waals surface area contributed by atoms with Crippen LogP contribution in [0.5, 0.6) is 5.75 Å². The molecule has 0 heterocycles.